The normalized spacial score (nSPS) is 17.9. The summed E-state index contributed by atoms with van der Waals surface area (Å²) in [4.78, 5) is 31.0. The fraction of sp³-hybridized carbons (Fsp3) is 0.310. The van der Waals surface area contributed by atoms with Gasteiger partial charge in [0, 0.05) is 10.6 Å². The molecule has 8 heteroatoms. The maximum atomic E-state index is 13.7. The van der Waals surface area contributed by atoms with Crippen molar-refractivity contribution < 1.29 is 18.7 Å². The number of carbonyl (C=O) groups is 2. The largest absolute Gasteiger partial charge is 0.346 e. The lowest BCUT2D eigenvalue weighted by molar-refractivity contribution is -0.898. The Hall–Kier alpha value is -3.00. The summed E-state index contributed by atoms with van der Waals surface area (Å²) in [6.45, 7) is 4.04. The molecular weight excluding hydrogens is 506 g/mol. The van der Waals surface area contributed by atoms with Crippen molar-refractivity contribution in [2.45, 2.75) is 42.0 Å². The van der Waals surface area contributed by atoms with Crippen molar-refractivity contribution in [2.24, 2.45) is 0 Å². The second-order valence-corrected chi connectivity index (χ2v) is 11.5. The molecule has 3 aromatic rings. The van der Waals surface area contributed by atoms with Gasteiger partial charge in [0.1, 0.15) is 0 Å². The monoisotopic (exact) mass is 536 g/mol. The van der Waals surface area contributed by atoms with Gasteiger partial charge in [-0.25, -0.2) is 4.21 Å². The number of hydrogen-bond donors (Lipinski definition) is 2. The van der Waals surface area contributed by atoms with Crippen molar-refractivity contribution in [3.8, 4) is 0 Å². The summed E-state index contributed by atoms with van der Waals surface area (Å²) < 4.78 is 13.6. The van der Waals surface area contributed by atoms with E-state index >= 15 is 0 Å². The Bertz CT molecular complexity index is 1340. The number of quaternary nitrogens is 1. The smallest absolute Gasteiger partial charge is 0.259 e. The Balaban J connectivity index is 1.43. The first kappa shape index (κ1) is 25.6. The van der Waals surface area contributed by atoms with E-state index in [9.17, 15) is 13.8 Å². The zero-order valence-corrected chi connectivity index (χ0v) is 22.2. The third kappa shape index (κ3) is 5.79. The minimum atomic E-state index is -1.57. The molecule has 0 saturated carbocycles. The van der Waals surface area contributed by atoms with Gasteiger partial charge in [-0.3, -0.25) is 9.59 Å². The average molecular weight is 537 g/mol. The number of halogens is 1. The van der Waals surface area contributed by atoms with Crippen LogP contribution in [0.15, 0.2) is 76.5 Å². The van der Waals surface area contributed by atoms with Crippen molar-refractivity contribution in [3.05, 3.63) is 88.4 Å². The van der Waals surface area contributed by atoms with Gasteiger partial charge < -0.3 is 15.1 Å². The van der Waals surface area contributed by atoms with Crippen LogP contribution in [0, 0.1) is 0 Å². The van der Waals surface area contributed by atoms with Crippen molar-refractivity contribution in [3.63, 3.8) is 0 Å². The Morgan fingerprint density at radius 2 is 1.73 bits per heavy atom. The summed E-state index contributed by atoms with van der Waals surface area (Å²) in [5.41, 5.74) is 2.15. The predicted octanol–water partition coefficient (Wildman–Crippen LogP) is 3.86. The van der Waals surface area contributed by atoms with Gasteiger partial charge in [0.05, 0.1) is 64.6 Å². The lowest BCUT2D eigenvalue weighted by Crippen LogP contribution is -3.12. The molecule has 2 heterocycles. The van der Waals surface area contributed by atoms with E-state index in [4.69, 9.17) is 11.6 Å². The molecule has 0 aliphatic carbocycles. The summed E-state index contributed by atoms with van der Waals surface area (Å²) in [5.74, 6) is -0.454. The molecule has 0 spiro atoms. The number of carbonyl (C=O) groups excluding carboxylic acids is 2. The third-order valence-corrected chi connectivity index (χ3v) is 8.81. The number of amides is 2. The summed E-state index contributed by atoms with van der Waals surface area (Å²) in [6.07, 6.45) is 5.06. The standard InChI is InChI=1S/C29H30ClN3O3S/c30-23-9-7-8-21(18-23)20-33-25-19-22(28(34)31-14-17-32-15-5-1-2-6-16-32)12-13-27(25)37(36)26-11-4-3-10-24(26)29(33)35/h3-4,7-13,18-19H,1-2,5-6,14-17,20H2,(H,31,34)/p+1. The van der Waals surface area contributed by atoms with E-state index < -0.39 is 10.8 Å². The fourth-order valence-corrected chi connectivity index (χ4v) is 6.67. The molecule has 2 N–H and O–H groups in total. The quantitative estimate of drug-likeness (QED) is 0.502. The van der Waals surface area contributed by atoms with Crippen molar-refractivity contribution >= 4 is 39.9 Å². The van der Waals surface area contributed by atoms with E-state index in [0.29, 0.717) is 38.2 Å². The first-order valence-corrected chi connectivity index (χ1v) is 14.4. The van der Waals surface area contributed by atoms with Crippen molar-refractivity contribution in [1.82, 2.24) is 5.32 Å². The van der Waals surface area contributed by atoms with E-state index in [1.807, 2.05) is 18.2 Å². The Labute approximate surface area is 225 Å². The van der Waals surface area contributed by atoms with E-state index in [1.54, 1.807) is 53.4 Å². The molecule has 0 aromatic heterocycles. The van der Waals surface area contributed by atoms with Gasteiger partial charge in [0.2, 0.25) is 0 Å². The van der Waals surface area contributed by atoms with Gasteiger partial charge in [-0.15, -0.1) is 0 Å². The maximum Gasteiger partial charge on any atom is 0.259 e. The van der Waals surface area contributed by atoms with Gasteiger partial charge >= 0.3 is 0 Å². The highest BCUT2D eigenvalue weighted by atomic mass is 35.5. The predicted molar refractivity (Wildman–Crippen MR) is 146 cm³/mol. The molecular formula is C29H31ClN3O3S+. The number of hydrogen-bond acceptors (Lipinski definition) is 3. The number of nitrogens with one attached hydrogen (secondary N) is 2. The molecule has 2 amide bonds. The number of nitrogens with zero attached hydrogens (tertiary/aromatic N) is 1. The summed E-state index contributed by atoms with van der Waals surface area (Å²) in [7, 11) is -1.57. The lowest BCUT2D eigenvalue weighted by atomic mass is 10.1. The van der Waals surface area contributed by atoms with E-state index in [0.717, 1.165) is 25.2 Å². The van der Waals surface area contributed by atoms with Crippen molar-refractivity contribution in [2.75, 3.05) is 31.1 Å². The van der Waals surface area contributed by atoms with Gasteiger partial charge in [-0.05, 0) is 73.7 Å². The third-order valence-electron chi connectivity index (χ3n) is 7.08. The molecule has 192 valence electrons. The number of anilines is 1. The van der Waals surface area contributed by atoms with Crippen LogP contribution in [0.4, 0.5) is 5.69 Å². The second-order valence-electron chi connectivity index (χ2n) is 9.64. The number of rotatable bonds is 6. The Morgan fingerprint density at radius 1 is 0.946 bits per heavy atom. The number of benzene rings is 3. The average Bonchev–Trinajstić information content (AvgIpc) is 3.23. The van der Waals surface area contributed by atoms with E-state index in [-0.39, 0.29) is 18.4 Å². The Morgan fingerprint density at radius 3 is 2.51 bits per heavy atom. The van der Waals surface area contributed by atoms with Gasteiger partial charge in [0.25, 0.3) is 11.8 Å². The minimum absolute atomic E-state index is 0.195. The molecule has 1 unspecified atom stereocenters. The van der Waals surface area contributed by atoms with Gasteiger partial charge in [-0.2, -0.15) is 0 Å². The van der Waals surface area contributed by atoms with Crippen LogP contribution < -0.4 is 15.1 Å². The molecule has 3 aromatic carbocycles. The summed E-state index contributed by atoms with van der Waals surface area (Å²) >= 11 is 6.21. The maximum absolute atomic E-state index is 13.7. The molecule has 1 fully saturated rings. The van der Waals surface area contributed by atoms with Crippen molar-refractivity contribution in [1.29, 1.82) is 0 Å². The molecule has 37 heavy (non-hydrogen) atoms. The summed E-state index contributed by atoms with van der Waals surface area (Å²) in [5, 5.41) is 3.62. The van der Waals surface area contributed by atoms with Crippen LogP contribution in [0.25, 0.3) is 0 Å². The highest BCUT2D eigenvalue weighted by Crippen LogP contribution is 2.36. The van der Waals surface area contributed by atoms with Crippen LogP contribution in [-0.4, -0.2) is 42.2 Å². The zero-order chi connectivity index (χ0) is 25.8. The zero-order valence-electron chi connectivity index (χ0n) is 20.7. The molecule has 0 radical (unpaired) electrons. The van der Waals surface area contributed by atoms with Crippen LogP contribution in [0.5, 0.6) is 0 Å². The molecule has 1 atom stereocenters. The highest BCUT2D eigenvalue weighted by Gasteiger charge is 2.31. The molecule has 2 aliphatic rings. The topological polar surface area (TPSA) is 70.9 Å². The molecule has 2 aliphatic heterocycles. The SMILES string of the molecule is O=C(NCC[NH+]1CCCCCC1)c1ccc2c(c1)N(Cc1cccc(Cl)c1)C(=O)c1ccccc1S2=O. The second kappa shape index (κ2) is 11.6. The first-order chi connectivity index (χ1) is 18.0. The molecule has 5 rings (SSSR count). The van der Waals surface area contributed by atoms with Crippen LogP contribution >= 0.6 is 11.6 Å². The minimum Gasteiger partial charge on any atom is -0.346 e. The van der Waals surface area contributed by atoms with Crippen LogP contribution in [-0.2, 0) is 17.3 Å². The molecule has 1 saturated heterocycles. The van der Waals surface area contributed by atoms with E-state index in [2.05, 4.69) is 5.32 Å². The summed E-state index contributed by atoms with van der Waals surface area (Å²) in [6, 6.07) is 19.4. The number of likely N-dealkylation sites (tertiary alicyclic amines) is 1. The first-order valence-electron chi connectivity index (χ1n) is 12.8. The van der Waals surface area contributed by atoms with Crippen LogP contribution in [0.3, 0.4) is 0 Å². The lowest BCUT2D eigenvalue weighted by Gasteiger charge is -2.24. The highest BCUT2D eigenvalue weighted by molar-refractivity contribution is 7.85. The van der Waals surface area contributed by atoms with Crippen LogP contribution in [0.1, 0.15) is 52.0 Å². The van der Waals surface area contributed by atoms with Gasteiger partial charge in [0.15, 0.2) is 0 Å². The van der Waals surface area contributed by atoms with Crippen LogP contribution in [0.2, 0.25) is 5.02 Å². The Kier molecular flexibility index (Phi) is 8.03. The van der Waals surface area contributed by atoms with Gasteiger partial charge in [-0.1, -0.05) is 35.9 Å². The molecule has 6 nitrogen and oxygen atoms in total. The van der Waals surface area contributed by atoms with E-state index in [1.165, 1.54) is 30.6 Å². The number of fused-ring (bicyclic) bond motifs is 2. The molecule has 0 bridgehead atoms. The fourth-order valence-electron chi connectivity index (χ4n) is 5.11.